The number of carboxylic acids is 1. The van der Waals surface area contributed by atoms with Gasteiger partial charge in [-0.1, -0.05) is 11.6 Å². The van der Waals surface area contributed by atoms with E-state index >= 15 is 0 Å². The predicted molar refractivity (Wildman–Crippen MR) is 114 cm³/mol. The first-order valence-corrected chi connectivity index (χ1v) is 10.3. The van der Waals surface area contributed by atoms with Gasteiger partial charge in [-0.3, -0.25) is 4.90 Å². The molecule has 0 amide bonds. The van der Waals surface area contributed by atoms with Gasteiger partial charge in [0.2, 0.25) is 0 Å². The van der Waals surface area contributed by atoms with Crippen LogP contribution in [0.4, 0.5) is 23.2 Å². The first-order valence-electron chi connectivity index (χ1n) is 9.92. The number of anilines is 1. The molecule has 0 saturated carbocycles. The van der Waals surface area contributed by atoms with Crippen molar-refractivity contribution in [2.75, 3.05) is 18.4 Å². The topological polar surface area (TPSA) is 76.4 Å². The Morgan fingerprint density at radius 2 is 1.88 bits per heavy atom. The number of hydrogen-bond acceptors (Lipinski definition) is 4. The smallest absolute Gasteiger partial charge is 0.416 e. The number of halogens is 5. The van der Waals surface area contributed by atoms with Gasteiger partial charge in [0, 0.05) is 47.7 Å². The zero-order chi connectivity index (χ0) is 23.6. The van der Waals surface area contributed by atoms with Crippen LogP contribution in [0.25, 0.3) is 0 Å². The lowest BCUT2D eigenvalue weighted by molar-refractivity contribution is -0.138. The molecule has 0 bridgehead atoms. The lowest BCUT2D eigenvalue weighted by atomic mass is 9.99. The Balaban J connectivity index is 1.69. The molecule has 2 aromatic carbocycles. The summed E-state index contributed by atoms with van der Waals surface area (Å²) >= 11 is 5.90. The molecule has 5 nitrogen and oxygen atoms in total. The molecule has 0 atom stereocenters. The Labute approximate surface area is 187 Å². The maximum atomic E-state index is 14.2. The van der Waals surface area contributed by atoms with E-state index in [0.29, 0.717) is 37.2 Å². The molecule has 10 heteroatoms. The molecule has 1 heterocycles. The highest BCUT2D eigenvalue weighted by Gasteiger charge is 2.34. The summed E-state index contributed by atoms with van der Waals surface area (Å²) < 4.78 is 54.1. The van der Waals surface area contributed by atoms with E-state index in [9.17, 15) is 22.4 Å². The van der Waals surface area contributed by atoms with Crippen LogP contribution >= 0.6 is 11.6 Å². The molecule has 1 fully saturated rings. The minimum atomic E-state index is -4.47. The van der Waals surface area contributed by atoms with Crippen LogP contribution in [-0.4, -0.2) is 40.8 Å². The fourth-order valence-electron chi connectivity index (χ4n) is 3.83. The summed E-state index contributed by atoms with van der Waals surface area (Å²) in [5.41, 5.74) is -0.388. The van der Waals surface area contributed by atoms with Gasteiger partial charge in [0.25, 0.3) is 0 Å². The molecular formula is C22H22ClF4N3O2. The van der Waals surface area contributed by atoms with Crippen molar-refractivity contribution < 1.29 is 27.5 Å². The van der Waals surface area contributed by atoms with Crippen LogP contribution < -0.4 is 5.32 Å². The third-order valence-corrected chi connectivity index (χ3v) is 5.69. The number of piperidine rings is 1. The van der Waals surface area contributed by atoms with Crippen LogP contribution in [0.3, 0.4) is 0 Å². The van der Waals surface area contributed by atoms with Crippen molar-refractivity contribution in [3.8, 4) is 0 Å². The molecule has 172 valence electrons. The Morgan fingerprint density at radius 1 is 1.22 bits per heavy atom. The van der Waals surface area contributed by atoms with Crippen molar-refractivity contribution in [1.82, 2.24) is 4.90 Å². The number of likely N-dealkylation sites (tertiary alicyclic amines) is 1. The number of nitrogens with one attached hydrogen (secondary N) is 2. The Hall–Kier alpha value is -2.65. The molecule has 3 N–H and O–H groups in total. The molecule has 0 aliphatic carbocycles. The summed E-state index contributed by atoms with van der Waals surface area (Å²) in [4.78, 5) is 13.1. The molecule has 3 rings (SSSR count). The number of carboxylic acid groups (broad SMARTS) is 1. The summed E-state index contributed by atoms with van der Waals surface area (Å²) in [5, 5.41) is 20.4. The first-order chi connectivity index (χ1) is 15.0. The molecule has 1 aliphatic rings. The van der Waals surface area contributed by atoms with E-state index in [1.54, 1.807) is 0 Å². The van der Waals surface area contributed by atoms with Crippen LogP contribution in [0.15, 0.2) is 30.3 Å². The number of rotatable bonds is 6. The van der Waals surface area contributed by atoms with Crippen molar-refractivity contribution >= 4 is 29.0 Å². The molecule has 0 aromatic heterocycles. The molecule has 2 aromatic rings. The largest absolute Gasteiger partial charge is 0.478 e. The minimum Gasteiger partial charge on any atom is -0.478 e. The van der Waals surface area contributed by atoms with E-state index in [2.05, 4.69) is 5.32 Å². The van der Waals surface area contributed by atoms with Crippen molar-refractivity contribution in [2.24, 2.45) is 0 Å². The van der Waals surface area contributed by atoms with Gasteiger partial charge in [-0.2, -0.15) is 13.2 Å². The number of hydrogen-bond donors (Lipinski definition) is 3. The summed E-state index contributed by atoms with van der Waals surface area (Å²) in [7, 11) is 0. The lowest BCUT2D eigenvalue weighted by Crippen LogP contribution is -2.39. The second-order valence-electron chi connectivity index (χ2n) is 7.80. The highest BCUT2D eigenvalue weighted by molar-refractivity contribution is 6.30. The Bertz CT molecular complexity index is 1030. The van der Waals surface area contributed by atoms with Gasteiger partial charge in [-0.15, -0.1) is 0 Å². The quantitative estimate of drug-likeness (QED) is 0.375. The highest BCUT2D eigenvalue weighted by Crippen LogP contribution is 2.34. The van der Waals surface area contributed by atoms with Gasteiger partial charge in [0.05, 0.1) is 11.1 Å². The van der Waals surface area contributed by atoms with Gasteiger partial charge in [0.1, 0.15) is 5.82 Å². The van der Waals surface area contributed by atoms with Crippen LogP contribution in [0.1, 0.15) is 46.8 Å². The molecule has 0 unspecified atom stereocenters. The van der Waals surface area contributed by atoms with Crippen molar-refractivity contribution in [2.45, 2.75) is 38.5 Å². The SMILES string of the molecule is CC(=N)c1cc(C(=O)O)c(F)cc1NC1CCN(Cc2cc(Cl)ccc2C(F)(F)F)CC1. The summed E-state index contributed by atoms with van der Waals surface area (Å²) in [6, 6.07) is 5.66. The van der Waals surface area contributed by atoms with E-state index in [0.717, 1.165) is 18.2 Å². The fraction of sp³-hybridized carbons (Fsp3) is 0.364. The summed E-state index contributed by atoms with van der Waals surface area (Å²) in [5.74, 6) is -2.31. The zero-order valence-corrected chi connectivity index (χ0v) is 17.9. The maximum Gasteiger partial charge on any atom is 0.416 e. The van der Waals surface area contributed by atoms with E-state index in [4.69, 9.17) is 22.1 Å². The van der Waals surface area contributed by atoms with E-state index in [1.807, 2.05) is 4.90 Å². The molecule has 0 spiro atoms. The Morgan fingerprint density at radius 3 is 2.44 bits per heavy atom. The molecular weight excluding hydrogens is 450 g/mol. The maximum absolute atomic E-state index is 14.2. The van der Waals surface area contributed by atoms with E-state index in [-0.39, 0.29) is 28.9 Å². The third-order valence-electron chi connectivity index (χ3n) is 5.46. The monoisotopic (exact) mass is 471 g/mol. The van der Waals surface area contributed by atoms with Crippen LogP contribution in [-0.2, 0) is 12.7 Å². The van der Waals surface area contributed by atoms with Crippen molar-refractivity contribution in [3.05, 3.63) is 63.4 Å². The third kappa shape index (κ3) is 5.58. The van der Waals surface area contributed by atoms with Crippen LogP contribution in [0.5, 0.6) is 0 Å². The first kappa shape index (κ1) is 24.0. The predicted octanol–water partition coefficient (Wildman–Crippen LogP) is 5.66. The highest BCUT2D eigenvalue weighted by atomic mass is 35.5. The van der Waals surface area contributed by atoms with Gasteiger partial charge in [-0.25, -0.2) is 9.18 Å². The molecule has 0 radical (unpaired) electrons. The lowest BCUT2D eigenvalue weighted by Gasteiger charge is -2.33. The van der Waals surface area contributed by atoms with E-state index < -0.39 is 29.1 Å². The second kappa shape index (κ2) is 9.46. The van der Waals surface area contributed by atoms with E-state index in [1.165, 1.54) is 19.1 Å². The van der Waals surface area contributed by atoms with Gasteiger partial charge in [-0.05, 0) is 55.7 Å². The second-order valence-corrected chi connectivity index (χ2v) is 8.24. The summed E-state index contributed by atoms with van der Waals surface area (Å²) in [6.45, 7) is 2.61. The van der Waals surface area contributed by atoms with Gasteiger partial charge >= 0.3 is 12.1 Å². The fourth-order valence-corrected chi connectivity index (χ4v) is 4.03. The number of benzene rings is 2. The summed E-state index contributed by atoms with van der Waals surface area (Å²) in [6.07, 6.45) is -3.30. The average Bonchev–Trinajstić information content (AvgIpc) is 2.68. The number of aromatic carboxylic acids is 1. The standard InChI is InChI=1S/C22H22ClF4N3O2/c1-12(28)16-9-17(21(31)32)19(24)10-20(16)29-15-4-6-30(7-5-15)11-13-8-14(23)2-3-18(13)22(25,26)27/h2-3,8-10,15,28-29H,4-7,11H2,1H3,(H,31,32). The normalized spacial score (nSPS) is 15.6. The average molecular weight is 472 g/mol. The minimum absolute atomic E-state index is 0.0908. The number of alkyl halides is 3. The number of nitrogens with zero attached hydrogens (tertiary/aromatic N) is 1. The van der Waals surface area contributed by atoms with Gasteiger partial charge < -0.3 is 15.8 Å². The number of carbonyl (C=O) groups is 1. The van der Waals surface area contributed by atoms with Crippen molar-refractivity contribution in [1.29, 1.82) is 5.41 Å². The molecule has 32 heavy (non-hydrogen) atoms. The molecule has 1 saturated heterocycles. The van der Waals surface area contributed by atoms with Gasteiger partial charge in [0.15, 0.2) is 0 Å². The zero-order valence-electron chi connectivity index (χ0n) is 17.2. The Kier molecular flexibility index (Phi) is 7.09. The molecule has 1 aliphatic heterocycles. The van der Waals surface area contributed by atoms with Crippen LogP contribution in [0.2, 0.25) is 5.02 Å². The van der Waals surface area contributed by atoms with Crippen molar-refractivity contribution in [3.63, 3.8) is 0 Å². The van der Waals surface area contributed by atoms with Crippen LogP contribution in [0, 0.1) is 11.2 Å².